The molecule has 0 bridgehead atoms. The molecule has 3 aliphatic rings. The lowest BCUT2D eigenvalue weighted by atomic mass is 9.97. The van der Waals surface area contributed by atoms with Crippen LogP contribution in [0.15, 0.2) is 11.6 Å². The summed E-state index contributed by atoms with van der Waals surface area (Å²) >= 11 is 1.83. The van der Waals surface area contributed by atoms with Crippen LogP contribution in [0.2, 0.25) is 0 Å². The Kier molecular flexibility index (Phi) is 5.64. The summed E-state index contributed by atoms with van der Waals surface area (Å²) in [6.45, 7) is 3.44. The Hall–Kier alpha value is -0.480. The number of carbonyl (C=O) groups is 1. The van der Waals surface area contributed by atoms with Crippen LogP contribution in [0.4, 0.5) is 0 Å². The summed E-state index contributed by atoms with van der Waals surface area (Å²) in [5, 5.41) is 3.52. The molecule has 3 rings (SSSR count). The summed E-state index contributed by atoms with van der Waals surface area (Å²) in [7, 11) is 0. The third-order valence-electron chi connectivity index (χ3n) is 4.97. The quantitative estimate of drug-likeness (QED) is 0.811. The highest BCUT2D eigenvalue weighted by atomic mass is 32.2. The highest BCUT2D eigenvalue weighted by Crippen LogP contribution is 2.26. The van der Waals surface area contributed by atoms with E-state index in [1.807, 2.05) is 11.8 Å². The van der Waals surface area contributed by atoms with Crippen LogP contribution < -0.4 is 5.32 Å². The maximum atomic E-state index is 12.2. The Morgan fingerprint density at radius 1 is 1.24 bits per heavy atom. The molecular weight excluding hydrogens is 280 g/mol. The van der Waals surface area contributed by atoms with Gasteiger partial charge in [-0.3, -0.25) is 9.69 Å². The van der Waals surface area contributed by atoms with E-state index in [-0.39, 0.29) is 5.25 Å². The zero-order valence-corrected chi connectivity index (χ0v) is 13.8. The lowest BCUT2D eigenvalue weighted by Crippen LogP contribution is -2.47. The fraction of sp³-hybridized carbons (Fsp3) is 0.824. The molecule has 1 amide bonds. The van der Waals surface area contributed by atoms with Gasteiger partial charge in [-0.25, -0.2) is 0 Å². The minimum absolute atomic E-state index is 0.232. The second-order valence-corrected chi connectivity index (χ2v) is 7.98. The average molecular weight is 308 g/mol. The smallest absolute Gasteiger partial charge is 0.233 e. The van der Waals surface area contributed by atoms with Crippen LogP contribution in [0.25, 0.3) is 0 Å². The molecule has 0 saturated carbocycles. The molecule has 4 heteroatoms. The fourth-order valence-corrected chi connectivity index (χ4v) is 4.82. The van der Waals surface area contributed by atoms with Gasteiger partial charge in [-0.15, -0.1) is 11.8 Å². The maximum Gasteiger partial charge on any atom is 0.233 e. The summed E-state index contributed by atoms with van der Waals surface area (Å²) in [6.07, 6.45) is 12.3. The maximum absolute atomic E-state index is 12.2. The third-order valence-corrected chi connectivity index (χ3v) is 6.34. The molecule has 2 heterocycles. The predicted octanol–water partition coefficient (Wildman–Crippen LogP) is 2.96. The molecule has 1 unspecified atom stereocenters. The summed E-state index contributed by atoms with van der Waals surface area (Å²) in [5.41, 5.74) is 1.64. The van der Waals surface area contributed by atoms with Crippen molar-refractivity contribution in [1.29, 1.82) is 0 Å². The van der Waals surface area contributed by atoms with Gasteiger partial charge < -0.3 is 5.32 Å². The van der Waals surface area contributed by atoms with Gasteiger partial charge in [-0.2, -0.15) is 0 Å². The van der Waals surface area contributed by atoms with Crippen molar-refractivity contribution in [3.8, 4) is 0 Å². The summed E-state index contributed by atoms with van der Waals surface area (Å²) in [4.78, 5) is 14.7. The van der Waals surface area contributed by atoms with Gasteiger partial charge in [0.25, 0.3) is 0 Å². The highest BCUT2D eigenvalue weighted by molar-refractivity contribution is 8.00. The number of allylic oxidation sites excluding steroid dienone is 1. The van der Waals surface area contributed by atoms with E-state index >= 15 is 0 Å². The monoisotopic (exact) mass is 308 g/mol. The number of hydrogen-bond donors (Lipinski definition) is 1. The van der Waals surface area contributed by atoms with Crippen LogP contribution >= 0.6 is 11.8 Å². The van der Waals surface area contributed by atoms with Crippen LogP contribution in [0, 0.1) is 0 Å². The van der Waals surface area contributed by atoms with E-state index in [1.165, 1.54) is 38.6 Å². The lowest BCUT2D eigenvalue weighted by Gasteiger charge is -2.33. The first-order valence-corrected chi connectivity index (χ1v) is 9.68. The summed E-state index contributed by atoms with van der Waals surface area (Å²) in [6, 6.07) is 0.412. The molecule has 2 fully saturated rings. The van der Waals surface area contributed by atoms with Crippen LogP contribution in [-0.2, 0) is 4.79 Å². The van der Waals surface area contributed by atoms with Gasteiger partial charge in [-0.1, -0.05) is 11.6 Å². The first kappa shape index (κ1) is 15.4. The molecule has 0 aromatic carbocycles. The standard InChI is InChI=1S/C17H28N2OS/c20-17(16-7-4-12-21-16)18-15-8-10-19(11-9-15)13-14-5-2-1-3-6-14/h5,15-16H,1-4,6-13H2,(H,18,20). The molecule has 0 aromatic heterocycles. The Labute approximate surface area is 132 Å². The molecule has 2 saturated heterocycles. The first-order valence-electron chi connectivity index (χ1n) is 8.63. The minimum atomic E-state index is 0.232. The molecular formula is C17H28N2OS. The predicted molar refractivity (Wildman–Crippen MR) is 89.6 cm³/mol. The molecule has 0 aromatic rings. The molecule has 2 aliphatic heterocycles. The van der Waals surface area contributed by atoms with E-state index in [0.29, 0.717) is 11.9 Å². The highest BCUT2D eigenvalue weighted by Gasteiger charge is 2.27. The van der Waals surface area contributed by atoms with E-state index in [9.17, 15) is 4.79 Å². The Morgan fingerprint density at radius 3 is 2.76 bits per heavy atom. The van der Waals surface area contributed by atoms with Crippen molar-refractivity contribution in [3.05, 3.63) is 11.6 Å². The molecule has 118 valence electrons. The fourth-order valence-electron chi connectivity index (χ4n) is 3.65. The van der Waals surface area contributed by atoms with Gasteiger partial charge in [0.15, 0.2) is 0 Å². The van der Waals surface area contributed by atoms with E-state index in [4.69, 9.17) is 0 Å². The molecule has 21 heavy (non-hydrogen) atoms. The Bertz CT molecular complexity index is 382. The SMILES string of the molecule is O=C(NC1CCN(CC2=CCCCC2)CC1)C1CCCS1. The van der Waals surface area contributed by atoms with Gasteiger partial charge in [0.05, 0.1) is 5.25 Å². The van der Waals surface area contributed by atoms with Gasteiger partial charge in [0.2, 0.25) is 5.91 Å². The number of nitrogens with zero attached hydrogens (tertiary/aromatic N) is 1. The number of amides is 1. The van der Waals surface area contributed by atoms with Crippen LogP contribution in [0.5, 0.6) is 0 Å². The molecule has 0 radical (unpaired) electrons. The van der Waals surface area contributed by atoms with Gasteiger partial charge in [0, 0.05) is 25.7 Å². The molecule has 1 aliphatic carbocycles. The van der Waals surface area contributed by atoms with E-state index in [2.05, 4.69) is 16.3 Å². The van der Waals surface area contributed by atoms with Crippen molar-refractivity contribution in [3.63, 3.8) is 0 Å². The van der Waals surface area contributed by atoms with Crippen molar-refractivity contribution < 1.29 is 4.79 Å². The minimum Gasteiger partial charge on any atom is -0.352 e. The van der Waals surface area contributed by atoms with E-state index < -0.39 is 0 Å². The normalized spacial score (nSPS) is 28.4. The zero-order valence-electron chi connectivity index (χ0n) is 13.0. The van der Waals surface area contributed by atoms with E-state index in [0.717, 1.165) is 38.1 Å². The Morgan fingerprint density at radius 2 is 2.10 bits per heavy atom. The van der Waals surface area contributed by atoms with Gasteiger partial charge in [-0.05, 0) is 57.1 Å². The number of thioether (sulfide) groups is 1. The average Bonchev–Trinajstić information content (AvgIpc) is 3.05. The number of nitrogens with one attached hydrogen (secondary N) is 1. The number of likely N-dealkylation sites (tertiary alicyclic amines) is 1. The zero-order chi connectivity index (χ0) is 14.5. The molecule has 3 nitrogen and oxygen atoms in total. The number of carbonyl (C=O) groups excluding carboxylic acids is 1. The van der Waals surface area contributed by atoms with Crippen LogP contribution in [-0.4, -0.2) is 47.5 Å². The molecule has 1 atom stereocenters. The van der Waals surface area contributed by atoms with Crippen molar-refractivity contribution in [2.75, 3.05) is 25.4 Å². The molecule has 1 N–H and O–H groups in total. The van der Waals surface area contributed by atoms with Crippen LogP contribution in [0.1, 0.15) is 51.4 Å². The largest absolute Gasteiger partial charge is 0.352 e. The topological polar surface area (TPSA) is 32.3 Å². The van der Waals surface area contributed by atoms with E-state index in [1.54, 1.807) is 5.57 Å². The number of piperidine rings is 1. The van der Waals surface area contributed by atoms with Crippen LogP contribution in [0.3, 0.4) is 0 Å². The third kappa shape index (κ3) is 4.49. The molecule has 0 spiro atoms. The summed E-state index contributed by atoms with van der Waals surface area (Å²) in [5.74, 6) is 1.46. The number of hydrogen-bond acceptors (Lipinski definition) is 3. The van der Waals surface area contributed by atoms with Crippen molar-refractivity contribution in [2.45, 2.75) is 62.7 Å². The van der Waals surface area contributed by atoms with Crippen molar-refractivity contribution >= 4 is 17.7 Å². The lowest BCUT2D eigenvalue weighted by molar-refractivity contribution is -0.121. The Balaban J connectivity index is 1.38. The van der Waals surface area contributed by atoms with Crippen molar-refractivity contribution in [1.82, 2.24) is 10.2 Å². The van der Waals surface area contributed by atoms with Gasteiger partial charge >= 0.3 is 0 Å². The first-order chi connectivity index (χ1) is 10.3. The second-order valence-electron chi connectivity index (χ2n) is 6.67. The van der Waals surface area contributed by atoms with Crippen molar-refractivity contribution in [2.24, 2.45) is 0 Å². The van der Waals surface area contributed by atoms with Gasteiger partial charge in [0.1, 0.15) is 0 Å². The summed E-state index contributed by atoms with van der Waals surface area (Å²) < 4.78 is 0. The second kappa shape index (κ2) is 7.68. The number of rotatable bonds is 4.